The molecule has 2 heterocycles. The number of morpholine rings is 1. The van der Waals surface area contributed by atoms with Crippen LogP contribution in [0.4, 0.5) is 0 Å². The Kier molecular flexibility index (Phi) is 4.32. The lowest BCUT2D eigenvalue weighted by Gasteiger charge is -2.47. The fourth-order valence-electron chi connectivity index (χ4n) is 2.99. The van der Waals surface area contributed by atoms with E-state index in [2.05, 4.69) is 30.6 Å². The molecule has 0 aromatic heterocycles. The summed E-state index contributed by atoms with van der Waals surface area (Å²) in [6.07, 6.45) is 2.02. The number of β-amino-alcohol motifs (C(OH)–C–C–N with tert-alkyl or cyclic N) is 1. The van der Waals surface area contributed by atoms with Crippen LogP contribution < -0.4 is 0 Å². The number of rotatable bonds is 2. The molecule has 0 bridgehead atoms. The maximum absolute atomic E-state index is 10.8. The van der Waals surface area contributed by atoms with E-state index in [1.54, 1.807) is 0 Å². The number of hydrogen-bond donors (Lipinski definition) is 1. The highest BCUT2D eigenvalue weighted by atomic mass is 16.5. The van der Waals surface area contributed by atoms with Gasteiger partial charge >= 0.3 is 0 Å². The maximum atomic E-state index is 10.8. The predicted octanol–water partition coefficient (Wildman–Crippen LogP) is 0.944. The monoisotopic (exact) mass is 256 g/mol. The van der Waals surface area contributed by atoms with Gasteiger partial charge in [0.15, 0.2) is 0 Å². The molecule has 0 aliphatic carbocycles. The first-order valence-corrected chi connectivity index (χ1v) is 7.17. The van der Waals surface area contributed by atoms with Crippen LogP contribution in [0, 0.1) is 0 Å². The first kappa shape index (κ1) is 14.3. The summed E-state index contributed by atoms with van der Waals surface area (Å²) in [4.78, 5) is 4.76. The molecule has 0 aromatic carbocycles. The van der Waals surface area contributed by atoms with E-state index < -0.39 is 5.60 Å². The third kappa shape index (κ3) is 3.67. The molecule has 0 spiro atoms. The number of nitrogens with zero attached hydrogens (tertiary/aromatic N) is 2. The minimum atomic E-state index is -0.539. The van der Waals surface area contributed by atoms with Gasteiger partial charge in [-0.1, -0.05) is 0 Å². The second-order valence-electron chi connectivity index (χ2n) is 6.81. The van der Waals surface area contributed by atoms with Crippen LogP contribution in [0.1, 0.15) is 33.6 Å². The molecule has 0 amide bonds. The summed E-state index contributed by atoms with van der Waals surface area (Å²) in [7, 11) is 0. The Hall–Kier alpha value is -0.160. The van der Waals surface area contributed by atoms with Gasteiger partial charge in [0.1, 0.15) is 0 Å². The average Bonchev–Trinajstić information content (AvgIpc) is 2.28. The van der Waals surface area contributed by atoms with E-state index >= 15 is 0 Å². The zero-order valence-electron chi connectivity index (χ0n) is 12.1. The van der Waals surface area contributed by atoms with Crippen molar-refractivity contribution in [2.45, 2.75) is 44.8 Å². The first-order valence-electron chi connectivity index (χ1n) is 7.17. The molecule has 0 radical (unpaired) electrons. The van der Waals surface area contributed by atoms with Gasteiger partial charge in [0, 0.05) is 31.7 Å². The van der Waals surface area contributed by atoms with E-state index in [0.29, 0.717) is 0 Å². The Bertz CT molecular complexity index is 271. The highest BCUT2D eigenvalue weighted by molar-refractivity contribution is 4.93. The maximum Gasteiger partial charge on any atom is 0.0900 e. The summed E-state index contributed by atoms with van der Waals surface area (Å²) in [5, 5.41) is 10.8. The van der Waals surface area contributed by atoms with Crippen LogP contribution in [0.15, 0.2) is 0 Å². The number of piperidine rings is 1. The Balaban J connectivity index is 1.92. The van der Waals surface area contributed by atoms with Crippen LogP contribution in [-0.4, -0.2) is 72.0 Å². The highest BCUT2D eigenvalue weighted by Crippen LogP contribution is 2.27. The average molecular weight is 256 g/mol. The zero-order chi connectivity index (χ0) is 13.2. The van der Waals surface area contributed by atoms with Crippen molar-refractivity contribution in [3.63, 3.8) is 0 Å². The lowest BCUT2D eigenvalue weighted by molar-refractivity contribution is -0.0863. The molecule has 2 aliphatic heterocycles. The molecule has 4 heteroatoms. The lowest BCUT2D eigenvalue weighted by Crippen LogP contribution is -2.59. The van der Waals surface area contributed by atoms with E-state index in [1.165, 1.54) is 0 Å². The van der Waals surface area contributed by atoms with Gasteiger partial charge in [-0.15, -0.1) is 0 Å². The van der Waals surface area contributed by atoms with Gasteiger partial charge in [0.2, 0.25) is 0 Å². The molecular weight excluding hydrogens is 228 g/mol. The summed E-state index contributed by atoms with van der Waals surface area (Å²) in [6.45, 7) is 12.9. The Morgan fingerprint density at radius 3 is 2.44 bits per heavy atom. The molecule has 2 rings (SSSR count). The van der Waals surface area contributed by atoms with Crippen LogP contribution in [0.25, 0.3) is 0 Å². The van der Waals surface area contributed by atoms with Gasteiger partial charge in [-0.25, -0.2) is 0 Å². The van der Waals surface area contributed by atoms with E-state index in [4.69, 9.17) is 4.74 Å². The van der Waals surface area contributed by atoms with Crippen molar-refractivity contribution in [3.8, 4) is 0 Å². The Labute approximate surface area is 111 Å². The molecule has 2 saturated heterocycles. The minimum absolute atomic E-state index is 0.152. The van der Waals surface area contributed by atoms with E-state index in [1.807, 2.05) is 0 Å². The molecule has 1 unspecified atom stereocenters. The summed E-state index contributed by atoms with van der Waals surface area (Å²) in [6, 6.07) is 0. The van der Waals surface area contributed by atoms with Crippen molar-refractivity contribution in [1.82, 2.24) is 9.80 Å². The van der Waals surface area contributed by atoms with Crippen molar-refractivity contribution in [1.29, 1.82) is 0 Å². The second kappa shape index (κ2) is 5.45. The molecule has 0 saturated carbocycles. The van der Waals surface area contributed by atoms with Gasteiger partial charge < -0.3 is 9.84 Å². The smallest absolute Gasteiger partial charge is 0.0900 e. The summed E-state index contributed by atoms with van der Waals surface area (Å²) < 4.78 is 5.36. The van der Waals surface area contributed by atoms with Crippen LogP contribution in [0.3, 0.4) is 0 Å². The van der Waals surface area contributed by atoms with Crippen LogP contribution >= 0.6 is 0 Å². The number of hydrogen-bond acceptors (Lipinski definition) is 4. The quantitative estimate of drug-likeness (QED) is 0.798. The Morgan fingerprint density at radius 1 is 1.17 bits per heavy atom. The van der Waals surface area contributed by atoms with Crippen LogP contribution in [0.5, 0.6) is 0 Å². The lowest BCUT2D eigenvalue weighted by atomic mass is 9.89. The molecule has 1 atom stereocenters. The molecule has 4 nitrogen and oxygen atoms in total. The van der Waals surface area contributed by atoms with Crippen molar-refractivity contribution in [3.05, 3.63) is 0 Å². The third-order valence-electron chi connectivity index (χ3n) is 4.13. The van der Waals surface area contributed by atoms with Crippen LogP contribution in [-0.2, 0) is 4.74 Å². The Morgan fingerprint density at radius 2 is 1.83 bits per heavy atom. The second-order valence-corrected chi connectivity index (χ2v) is 6.81. The van der Waals surface area contributed by atoms with Crippen molar-refractivity contribution in [2.24, 2.45) is 0 Å². The minimum Gasteiger partial charge on any atom is -0.387 e. The summed E-state index contributed by atoms with van der Waals surface area (Å²) in [5.41, 5.74) is -0.387. The van der Waals surface area contributed by atoms with Crippen molar-refractivity contribution < 1.29 is 9.84 Å². The molecule has 18 heavy (non-hydrogen) atoms. The topological polar surface area (TPSA) is 35.9 Å². The molecule has 2 aliphatic rings. The molecule has 0 aromatic rings. The SMILES string of the molecule is CC(C)(C)N1CCCC(O)(CN2CCOCC2)C1. The normalized spacial score (nSPS) is 32.7. The molecule has 1 N–H and O–H groups in total. The molecule has 2 fully saturated rings. The standard InChI is InChI=1S/C14H28N2O2/c1-13(2,3)16-6-4-5-14(17,12-16)11-15-7-9-18-10-8-15/h17H,4-12H2,1-3H3. The van der Waals surface area contributed by atoms with Gasteiger partial charge in [-0.2, -0.15) is 0 Å². The van der Waals surface area contributed by atoms with E-state index in [0.717, 1.165) is 58.8 Å². The first-order chi connectivity index (χ1) is 8.39. The largest absolute Gasteiger partial charge is 0.387 e. The van der Waals surface area contributed by atoms with Gasteiger partial charge in [-0.3, -0.25) is 9.80 Å². The fourth-order valence-corrected chi connectivity index (χ4v) is 2.99. The van der Waals surface area contributed by atoms with Crippen molar-refractivity contribution >= 4 is 0 Å². The van der Waals surface area contributed by atoms with Gasteiger partial charge in [-0.05, 0) is 40.2 Å². The van der Waals surface area contributed by atoms with Gasteiger partial charge in [0.25, 0.3) is 0 Å². The predicted molar refractivity (Wildman–Crippen MR) is 72.8 cm³/mol. The molecular formula is C14H28N2O2. The third-order valence-corrected chi connectivity index (χ3v) is 4.13. The zero-order valence-corrected chi connectivity index (χ0v) is 12.1. The molecule has 106 valence electrons. The summed E-state index contributed by atoms with van der Waals surface area (Å²) in [5.74, 6) is 0. The van der Waals surface area contributed by atoms with Crippen LogP contribution in [0.2, 0.25) is 0 Å². The highest BCUT2D eigenvalue weighted by Gasteiger charge is 2.38. The summed E-state index contributed by atoms with van der Waals surface area (Å²) >= 11 is 0. The van der Waals surface area contributed by atoms with Crippen molar-refractivity contribution in [2.75, 3.05) is 45.9 Å². The number of likely N-dealkylation sites (tertiary alicyclic amines) is 1. The van der Waals surface area contributed by atoms with E-state index in [-0.39, 0.29) is 5.54 Å². The fraction of sp³-hybridized carbons (Fsp3) is 1.00. The number of ether oxygens (including phenoxy) is 1. The number of aliphatic hydroxyl groups is 1. The van der Waals surface area contributed by atoms with E-state index in [9.17, 15) is 5.11 Å². The van der Waals surface area contributed by atoms with Gasteiger partial charge in [0.05, 0.1) is 18.8 Å².